The highest BCUT2D eigenvalue weighted by Crippen LogP contribution is 2.33. The lowest BCUT2D eigenvalue weighted by atomic mass is 10.1. The van der Waals surface area contributed by atoms with Gasteiger partial charge in [0.15, 0.2) is 5.82 Å². The van der Waals surface area contributed by atoms with Gasteiger partial charge in [0, 0.05) is 10.9 Å². The van der Waals surface area contributed by atoms with Crippen LogP contribution in [0.3, 0.4) is 0 Å². The summed E-state index contributed by atoms with van der Waals surface area (Å²) >= 11 is 5.04. The van der Waals surface area contributed by atoms with Crippen molar-refractivity contribution in [2.24, 2.45) is 0 Å². The molecule has 0 spiro atoms. The average molecular weight is 350 g/mol. The lowest BCUT2D eigenvalue weighted by molar-refractivity contribution is 0.425. The van der Waals surface area contributed by atoms with Crippen molar-refractivity contribution in [3.8, 4) is 10.8 Å². The van der Waals surface area contributed by atoms with Gasteiger partial charge in [0.1, 0.15) is 4.88 Å². The molecule has 0 aliphatic rings. The summed E-state index contributed by atoms with van der Waals surface area (Å²) in [6.45, 7) is 1.97. The molecule has 3 aromatic rings. The van der Waals surface area contributed by atoms with Crippen molar-refractivity contribution in [2.75, 3.05) is 5.73 Å². The molecule has 2 aromatic heterocycles. The topological polar surface area (TPSA) is 64.9 Å². The fourth-order valence-corrected chi connectivity index (χ4v) is 3.17. The molecule has 1 aromatic carbocycles. The van der Waals surface area contributed by atoms with Gasteiger partial charge in [-0.3, -0.25) is 0 Å². The van der Waals surface area contributed by atoms with Crippen LogP contribution in [-0.4, -0.2) is 10.1 Å². The summed E-state index contributed by atoms with van der Waals surface area (Å²) in [5, 5.41) is 6.01. The molecule has 0 bridgehead atoms. The quantitative estimate of drug-likeness (QED) is 0.774. The number of hydrogen-bond donors (Lipinski definition) is 1. The average Bonchev–Trinajstić information content (AvgIpc) is 3.01. The Morgan fingerprint density at radius 3 is 2.85 bits per heavy atom. The Bertz CT molecular complexity index is 750. The summed E-state index contributed by atoms with van der Waals surface area (Å²) in [4.78, 5) is 5.26. The fraction of sp³-hybridized carbons (Fsp3) is 0.143. The van der Waals surface area contributed by atoms with Crippen molar-refractivity contribution in [1.29, 1.82) is 0 Å². The first-order chi connectivity index (χ1) is 9.65. The highest BCUT2D eigenvalue weighted by molar-refractivity contribution is 9.10. The zero-order valence-corrected chi connectivity index (χ0v) is 13.2. The van der Waals surface area contributed by atoms with E-state index in [1.807, 2.05) is 36.6 Å². The zero-order valence-electron chi connectivity index (χ0n) is 10.8. The summed E-state index contributed by atoms with van der Waals surface area (Å²) in [5.41, 5.74) is 8.87. The maximum atomic E-state index is 6.00. The SMILES string of the molecule is Cc1csc(-c2nc(Cc3ccccc3Br)no2)c1N. The molecule has 0 atom stereocenters. The number of anilines is 1. The van der Waals surface area contributed by atoms with Gasteiger partial charge in [-0.2, -0.15) is 4.98 Å². The van der Waals surface area contributed by atoms with Gasteiger partial charge in [0.05, 0.1) is 5.69 Å². The van der Waals surface area contributed by atoms with Crippen LogP contribution in [0.1, 0.15) is 17.0 Å². The van der Waals surface area contributed by atoms with Crippen molar-refractivity contribution in [1.82, 2.24) is 10.1 Å². The summed E-state index contributed by atoms with van der Waals surface area (Å²) in [6, 6.07) is 7.99. The van der Waals surface area contributed by atoms with E-state index in [0.717, 1.165) is 20.5 Å². The lowest BCUT2D eigenvalue weighted by Gasteiger charge is -1.99. The van der Waals surface area contributed by atoms with E-state index < -0.39 is 0 Å². The fourth-order valence-electron chi connectivity index (χ4n) is 1.85. The van der Waals surface area contributed by atoms with E-state index >= 15 is 0 Å². The van der Waals surface area contributed by atoms with E-state index in [-0.39, 0.29) is 0 Å². The summed E-state index contributed by atoms with van der Waals surface area (Å²) in [6.07, 6.45) is 0.620. The molecule has 0 saturated carbocycles. The molecule has 3 rings (SSSR count). The number of hydrogen-bond acceptors (Lipinski definition) is 5. The van der Waals surface area contributed by atoms with E-state index in [4.69, 9.17) is 10.3 Å². The first-order valence-electron chi connectivity index (χ1n) is 6.05. The van der Waals surface area contributed by atoms with Gasteiger partial charge in [-0.15, -0.1) is 11.3 Å². The third kappa shape index (κ3) is 2.48. The summed E-state index contributed by atoms with van der Waals surface area (Å²) in [7, 11) is 0. The first-order valence-corrected chi connectivity index (χ1v) is 7.72. The van der Waals surface area contributed by atoms with Crippen LogP contribution in [0.2, 0.25) is 0 Å². The number of nitrogen functional groups attached to an aromatic ring is 1. The molecule has 0 amide bonds. The molecular formula is C14H12BrN3OS. The number of thiophene rings is 1. The molecular weight excluding hydrogens is 338 g/mol. The number of benzene rings is 1. The number of aryl methyl sites for hydroxylation is 1. The Hall–Kier alpha value is -1.66. The molecule has 0 radical (unpaired) electrons. The second-order valence-electron chi connectivity index (χ2n) is 4.45. The van der Waals surface area contributed by atoms with Gasteiger partial charge in [0.2, 0.25) is 0 Å². The van der Waals surface area contributed by atoms with Crippen LogP contribution < -0.4 is 5.73 Å². The van der Waals surface area contributed by atoms with Crippen LogP contribution in [0.4, 0.5) is 5.69 Å². The van der Waals surface area contributed by atoms with Crippen molar-refractivity contribution in [2.45, 2.75) is 13.3 Å². The number of nitrogens with two attached hydrogens (primary N) is 1. The van der Waals surface area contributed by atoms with Crippen LogP contribution in [0, 0.1) is 6.92 Å². The Kier molecular flexibility index (Phi) is 3.58. The third-order valence-corrected chi connectivity index (χ3v) is 4.87. The minimum atomic E-state index is 0.489. The highest BCUT2D eigenvalue weighted by Gasteiger charge is 2.15. The minimum absolute atomic E-state index is 0.489. The molecule has 102 valence electrons. The van der Waals surface area contributed by atoms with Crippen LogP contribution in [-0.2, 0) is 6.42 Å². The van der Waals surface area contributed by atoms with E-state index in [1.165, 1.54) is 11.3 Å². The number of nitrogens with zero attached hydrogens (tertiary/aromatic N) is 2. The van der Waals surface area contributed by atoms with Gasteiger partial charge in [-0.1, -0.05) is 39.3 Å². The standard InChI is InChI=1S/C14H12BrN3OS/c1-8-7-20-13(12(8)16)14-17-11(18-19-14)6-9-4-2-3-5-10(9)15/h2-5,7H,6,16H2,1H3. The molecule has 0 fully saturated rings. The highest BCUT2D eigenvalue weighted by atomic mass is 79.9. The molecule has 0 aliphatic heterocycles. The van der Waals surface area contributed by atoms with Gasteiger partial charge >= 0.3 is 0 Å². The monoisotopic (exact) mass is 349 g/mol. The second-order valence-corrected chi connectivity index (χ2v) is 6.18. The van der Waals surface area contributed by atoms with E-state index in [1.54, 1.807) is 0 Å². The molecule has 4 nitrogen and oxygen atoms in total. The van der Waals surface area contributed by atoms with Crippen LogP contribution in [0.5, 0.6) is 0 Å². The number of aromatic nitrogens is 2. The van der Waals surface area contributed by atoms with E-state index in [0.29, 0.717) is 23.8 Å². The van der Waals surface area contributed by atoms with Crippen molar-refractivity contribution in [3.05, 3.63) is 51.1 Å². The molecule has 20 heavy (non-hydrogen) atoms. The van der Waals surface area contributed by atoms with Crippen molar-refractivity contribution >= 4 is 33.0 Å². The molecule has 6 heteroatoms. The lowest BCUT2D eigenvalue weighted by Crippen LogP contribution is -1.92. The second kappa shape index (κ2) is 5.38. The van der Waals surface area contributed by atoms with Crippen molar-refractivity contribution in [3.63, 3.8) is 0 Å². The predicted molar refractivity (Wildman–Crippen MR) is 83.7 cm³/mol. The van der Waals surface area contributed by atoms with Crippen molar-refractivity contribution < 1.29 is 4.52 Å². The number of rotatable bonds is 3. The van der Waals surface area contributed by atoms with Gasteiger partial charge in [-0.25, -0.2) is 0 Å². The molecule has 2 N–H and O–H groups in total. The maximum Gasteiger partial charge on any atom is 0.270 e. The number of halogens is 1. The van der Waals surface area contributed by atoms with E-state index in [9.17, 15) is 0 Å². The summed E-state index contributed by atoms with van der Waals surface area (Å²) in [5.74, 6) is 1.14. The summed E-state index contributed by atoms with van der Waals surface area (Å²) < 4.78 is 6.35. The minimum Gasteiger partial charge on any atom is -0.397 e. The Morgan fingerprint density at radius 1 is 1.35 bits per heavy atom. The predicted octanol–water partition coefficient (Wildman–Crippen LogP) is 4.04. The van der Waals surface area contributed by atoms with Crippen LogP contribution in [0.25, 0.3) is 10.8 Å². The van der Waals surface area contributed by atoms with Gasteiger partial charge in [0.25, 0.3) is 5.89 Å². The Morgan fingerprint density at radius 2 is 2.15 bits per heavy atom. The normalized spacial score (nSPS) is 10.9. The Balaban J connectivity index is 1.88. The first kappa shape index (κ1) is 13.3. The zero-order chi connectivity index (χ0) is 14.1. The van der Waals surface area contributed by atoms with Gasteiger partial charge in [-0.05, 0) is 29.5 Å². The van der Waals surface area contributed by atoms with E-state index in [2.05, 4.69) is 26.1 Å². The van der Waals surface area contributed by atoms with Crippen LogP contribution >= 0.6 is 27.3 Å². The third-order valence-electron chi connectivity index (χ3n) is 2.99. The van der Waals surface area contributed by atoms with Gasteiger partial charge < -0.3 is 10.3 Å². The molecule has 0 aliphatic carbocycles. The maximum absolute atomic E-state index is 6.00. The Labute approximate surface area is 128 Å². The molecule has 0 saturated heterocycles. The smallest absolute Gasteiger partial charge is 0.270 e. The van der Waals surface area contributed by atoms with Crippen LogP contribution in [0.15, 0.2) is 38.6 Å². The molecule has 0 unspecified atom stereocenters. The molecule has 2 heterocycles. The largest absolute Gasteiger partial charge is 0.397 e.